The molecule has 0 radical (unpaired) electrons. The Morgan fingerprint density at radius 2 is 1.59 bits per heavy atom. The summed E-state index contributed by atoms with van der Waals surface area (Å²) in [5.41, 5.74) is 3.93. The van der Waals surface area contributed by atoms with Gasteiger partial charge in [0.1, 0.15) is 31.3 Å². The molecule has 0 N–H and O–H groups in total. The van der Waals surface area contributed by atoms with Crippen molar-refractivity contribution in [2.45, 2.75) is 44.7 Å². The van der Waals surface area contributed by atoms with E-state index in [1.165, 1.54) is 12.0 Å². The molecule has 3 atom stereocenters. The SMILES string of the molecule is CCC(C)N1CCN(c2ccc(N3CCN(c4ccc(OC[C@@H]5CO[C@@](Cn6cnnn6)(c6ccc(Cl)cc6Cl)O5)cc4)CC3)cc2)C1=O. The molecule has 0 saturated carbocycles. The Kier molecular flexibility index (Phi) is 9.82. The number of urea groups is 1. The van der Waals surface area contributed by atoms with E-state index in [4.69, 9.17) is 37.4 Å². The van der Waals surface area contributed by atoms with Gasteiger partial charge < -0.3 is 28.9 Å². The van der Waals surface area contributed by atoms with E-state index in [1.807, 2.05) is 21.9 Å². The summed E-state index contributed by atoms with van der Waals surface area (Å²) in [5, 5.41) is 12.4. The molecule has 258 valence electrons. The van der Waals surface area contributed by atoms with E-state index < -0.39 is 5.79 Å². The van der Waals surface area contributed by atoms with E-state index in [2.05, 4.69) is 75.6 Å². The number of hydrogen-bond donors (Lipinski definition) is 0. The van der Waals surface area contributed by atoms with Gasteiger partial charge in [0.2, 0.25) is 5.79 Å². The standard InChI is InChI=1S/C35H40Cl2N8O4/c1-3-25(2)44-18-19-45(34(44)46)29-7-5-27(6-8-29)41-14-16-42(17-15-41)28-9-11-30(12-10-28)47-21-31-22-48-35(49-31,23-43-24-38-39-40-43)32-13-4-26(36)20-33(32)37/h4-13,20,24-25,31H,3,14-19,21-23H2,1-2H3/t25?,31-,35-/m1/s1. The van der Waals surface area contributed by atoms with Crippen LogP contribution in [0.5, 0.6) is 5.75 Å². The third-order valence-electron chi connectivity index (χ3n) is 9.57. The van der Waals surface area contributed by atoms with E-state index in [1.54, 1.807) is 22.9 Å². The van der Waals surface area contributed by atoms with Crippen LogP contribution in [0.4, 0.5) is 21.9 Å². The molecule has 14 heteroatoms. The predicted octanol–water partition coefficient (Wildman–Crippen LogP) is 5.69. The Balaban J connectivity index is 0.910. The van der Waals surface area contributed by atoms with Gasteiger partial charge in [-0.15, -0.1) is 5.10 Å². The van der Waals surface area contributed by atoms with E-state index in [-0.39, 0.29) is 24.7 Å². The van der Waals surface area contributed by atoms with Crippen molar-refractivity contribution in [3.8, 4) is 5.75 Å². The van der Waals surface area contributed by atoms with E-state index in [9.17, 15) is 4.79 Å². The minimum atomic E-state index is -1.19. The van der Waals surface area contributed by atoms with Crippen LogP contribution in [-0.2, 0) is 21.8 Å². The molecule has 1 aromatic heterocycles. The van der Waals surface area contributed by atoms with Crippen molar-refractivity contribution in [2.75, 3.05) is 67.2 Å². The first-order valence-electron chi connectivity index (χ1n) is 16.7. The average Bonchev–Trinajstić information content (AvgIpc) is 3.88. The van der Waals surface area contributed by atoms with Crippen LogP contribution >= 0.6 is 23.2 Å². The number of ether oxygens (including phenoxy) is 3. The van der Waals surface area contributed by atoms with Gasteiger partial charge >= 0.3 is 6.03 Å². The molecule has 3 aliphatic heterocycles. The number of benzene rings is 3. The monoisotopic (exact) mass is 706 g/mol. The second kappa shape index (κ2) is 14.4. The molecule has 3 aromatic carbocycles. The molecular formula is C35H40Cl2N8O4. The highest BCUT2D eigenvalue weighted by Gasteiger charge is 2.46. The van der Waals surface area contributed by atoms with Crippen LogP contribution in [0, 0.1) is 0 Å². The highest BCUT2D eigenvalue weighted by molar-refractivity contribution is 6.35. The number of halogens is 2. The summed E-state index contributed by atoms with van der Waals surface area (Å²) in [6.07, 6.45) is 2.12. The van der Waals surface area contributed by atoms with Crippen LogP contribution in [0.1, 0.15) is 25.8 Å². The van der Waals surface area contributed by atoms with Gasteiger partial charge in [-0.1, -0.05) is 36.2 Å². The lowest BCUT2D eigenvalue weighted by atomic mass is 10.1. The largest absolute Gasteiger partial charge is 0.491 e. The fourth-order valence-corrected chi connectivity index (χ4v) is 7.20. The molecular weight excluding hydrogens is 667 g/mol. The molecule has 7 rings (SSSR count). The Bertz CT molecular complexity index is 1720. The third kappa shape index (κ3) is 7.14. The summed E-state index contributed by atoms with van der Waals surface area (Å²) in [6.45, 7) is 10.2. The number of nitrogens with zero attached hydrogens (tertiary/aromatic N) is 8. The number of anilines is 3. The van der Waals surface area contributed by atoms with Gasteiger partial charge in [-0.25, -0.2) is 9.48 Å². The summed E-state index contributed by atoms with van der Waals surface area (Å²) in [5.74, 6) is -0.446. The van der Waals surface area contributed by atoms with Crippen molar-refractivity contribution < 1.29 is 19.0 Å². The molecule has 12 nitrogen and oxygen atoms in total. The smallest absolute Gasteiger partial charge is 0.324 e. The number of tetrazole rings is 1. The minimum Gasteiger partial charge on any atom is -0.491 e. The highest BCUT2D eigenvalue weighted by Crippen LogP contribution is 2.40. The van der Waals surface area contributed by atoms with E-state index in [0.717, 1.165) is 62.8 Å². The van der Waals surface area contributed by atoms with Gasteiger partial charge in [-0.3, -0.25) is 4.90 Å². The third-order valence-corrected chi connectivity index (χ3v) is 10.1. The zero-order valence-electron chi connectivity index (χ0n) is 27.6. The minimum absolute atomic E-state index is 0.104. The molecule has 4 heterocycles. The maximum Gasteiger partial charge on any atom is 0.324 e. The normalized spacial score (nSPS) is 21.9. The summed E-state index contributed by atoms with van der Waals surface area (Å²) < 4.78 is 20.4. The van der Waals surface area contributed by atoms with Crippen LogP contribution in [-0.4, -0.2) is 95.8 Å². The zero-order chi connectivity index (χ0) is 34.0. The first-order valence-corrected chi connectivity index (χ1v) is 17.5. The number of piperazine rings is 1. The van der Waals surface area contributed by atoms with Gasteiger partial charge in [0.15, 0.2) is 0 Å². The maximum absolute atomic E-state index is 12.9. The van der Waals surface area contributed by atoms with Gasteiger partial charge in [-0.2, -0.15) is 0 Å². The molecule has 0 aliphatic carbocycles. The number of amides is 2. The lowest BCUT2D eigenvalue weighted by molar-refractivity contribution is -0.190. The number of carbonyl (C=O) groups is 1. The van der Waals surface area contributed by atoms with Gasteiger partial charge in [0, 0.05) is 73.0 Å². The fraction of sp³-hybridized carbons (Fsp3) is 0.429. The summed E-state index contributed by atoms with van der Waals surface area (Å²) in [4.78, 5) is 21.6. The first-order chi connectivity index (χ1) is 23.8. The van der Waals surface area contributed by atoms with Crippen LogP contribution in [0.3, 0.4) is 0 Å². The molecule has 0 bridgehead atoms. The van der Waals surface area contributed by atoms with Crippen molar-refractivity contribution in [2.24, 2.45) is 0 Å². The molecule has 0 spiro atoms. The second-order valence-corrected chi connectivity index (χ2v) is 13.5. The summed E-state index contributed by atoms with van der Waals surface area (Å²) in [7, 11) is 0. The Labute approximate surface area is 296 Å². The zero-order valence-corrected chi connectivity index (χ0v) is 29.1. The van der Waals surface area contributed by atoms with Crippen LogP contribution in [0.25, 0.3) is 0 Å². The summed E-state index contributed by atoms with van der Waals surface area (Å²) in [6, 6.07) is 22.2. The Morgan fingerprint density at radius 1 is 0.918 bits per heavy atom. The quantitative estimate of drug-likeness (QED) is 0.195. The lowest BCUT2D eigenvalue weighted by Crippen LogP contribution is -2.46. The van der Waals surface area contributed by atoms with Crippen molar-refractivity contribution in [3.63, 3.8) is 0 Å². The molecule has 2 amide bonds. The number of carbonyl (C=O) groups excluding carboxylic acids is 1. The Hall–Kier alpha value is -4.10. The van der Waals surface area contributed by atoms with E-state index >= 15 is 0 Å². The first kappa shape index (κ1) is 33.4. The molecule has 1 unspecified atom stereocenters. The van der Waals surface area contributed by atoms with Crippen LogP contribution < -0.4 is 19.4 Å². The molecule has 3 aliphatic rings. The second-order valence-electron chi connectivity index (χ2n) is 12.6. The lowest BCUT2D eigenvalue weighted by Gasteiger charge is -2.37. The Morgan fingerprint density at radius 3 is 2.22 bits per heavy atom. The van der Waals surface area contributed by atoms with Crippen molar-refractivity contribution in [3.05, 3.63) is 88.7 Å². The van der Waals surface area contributed by atoms with Crippen molar-refractivity contribution in [1.29, 1.82) is 0 Å². The van der Waals surface area contributed by atoms with Gasteiger partial charge in [0.05, 0.1) is 11.6 Å². The topological polar surface area (TPSA) is 101 Å². The molecule has 3 saturated heterocycles. The molecule has 4 aromatic rings. The predicted molar refractivity (Wildman–Crippen MR) is 189 cm³/mol. The highest BCUT2D eigenvalue weighted by atomic mass is 35.5. The molecule has 3 fully saturated rings. The number of hydrogen-bond acceptors (Lipinski definition) is 9. The summed E-state index contributed by atoms with van der Waals surface area (Å²) >= 11 is 12.7. The van der Waals surface area contributed by atoms with Crippen LogP contribution in [0.15, 0.2) is 73.1 Å². The van der Waals surface area contributed by atoms with Crippen molar-refractivity contribution in [1.82, 2.24) is 25.1 Å². The van der Waals surface area contributed by atoms with Crippen molar-refractivity contribution >= 4 is 46.3 Å². The molecule has 49 heavy (non-hydrogen) atoms. The maximum atomic E-state index is 12.9. The fourth-order valence-electron chi connectivity index (χ4n) is 6.65. The van der Waals surface area contributed by atoms with Gasteiger partial charge in [0.25, 0.3) is 0 Å². The number of rotatable bonds is 11. The number of aromatic nitrogens is 4. The van der Waals surface area contributed by atoms with E-state index in [0.29, 0.717) is 28.8 Å². The average molecular weight is 708 g/mol. The van der Waals surface area contributed by atoms with Crippen LogP contribution in [0.2, 0.25) is 10.0 Å². The van der Waals surface area contributed by atoms with Gasteiger partial charge in [-0.05, 0) is 84.4 Å².